The van der Waals surface area contributed by atoms with Gasteiger partial charge in [-0.1, -0.05) is 20.8 Å². The molecule has 0 bridgehead atoms. The molecule has 0 aliphatic carbocycles. The van der Waals surface area contributed by atoms with Crippen molar-refractivity contribution < 1.29 is 14.7 Å². The van der Waals surface area contributed by atoms with E-state index in [-0.39, 0.29) is 17.7 Å². The molecule has 0 aromatic carbocycles. The Balaban J connectivity index is 2.77. The Hall–Kier alpha value is -1.85. The predicted octanol–water partition coefficient (Wildman–Crippen LogP) is 1.65. The number of nitrogens with zero attached hydrogens (tertiary/aromatic N) is 3. The number of hydrogen-bond acceptors (Lipinski definition) is 3. The fraction of sp³-hybridized carbons (Fsp3) is 0.643. The molecule has 0 atom stereocenters. The average Bonchev–Trinajstić information content (AvgIpc) is 2.69. The van der Waals surface area contributed by atoms with E-state index in [4.69, 9.17) is 5.11 Å². The van der Waals surface area contributed by atoms with E-state index in [9.17, 15) is 9.59 Å². The summed E-state index contributed by atoms with van der Waals surface area (Å²) in [5, 5.41) is 13.0. The molecule has 0 fully saturated rings. The van der Waals surface area contributed by atoms with Gasteiger partial charge in [-0.2, -0.15) is 5.10 Å². The number of amides is 1. The third-order valence-corrected chi connectivity index (χ3v) is 3.10. The summed E-state index contributed by atoms with van der Waals surface area (Å²) in [6.07, 6.45) is 0.512. The van der Waals surface area contributed by atoms with Crippen molar-refractivity contribution in [2.75, 3.05) is 13.6 Å². The lowest BCUT2D eigenvalue weighted by molar-refractivity contribution is -0.137. The summed E-state index contributed by atoms with van der Waals surface area (Å²) in [6, 6.07) is 1.80. The number of carbonyl (C=O) groups is 2. The highest BCUT2D eigenvalue weighted by molar-refractivity contribution is 5.92. The molecule has 0 aliphatic heterocycles. The van der Waals surface area contributed by atoms with Gasteiger partial charge in [0.15, 0.2) is 0 Å². The van der Waals surface area contributed by atoms with E-state index < -0.39 is 5.97 Å². The van der Waals surface area contributed by atoms with Crippen LogP contribution in [0.15, 0.2) is 6.07 Å². The average molecular weight is 281 g/mol. The minimum atomic E-state index is -0.846. The fourth-order valence-electron chi connectivity index (χ4n) is 1.80. The van der Waals surface area contributed by atoms with Crippen molar-refractivity contribution >= 4 is 11.9 Å². The van der Waals surface area contributed by atoms with Crippen molar-refractivity contribution in [3.63, 3.8) is 0 Å². The SMILES string of the molecule is CN(CCCC(=O)O)C(=O)c1cc(C(C)(C)C)nn1C. The highest BCUT2D eigenvalue weighted by atomic mass is 16.4. The molecule has 20 heavy (non-hydrogen) atoms. The molecule has 1 aromatic rings. The van der Waals surface area contributed by atoms with Crippen LogP contribution in [-0.4, -0.2) is 45.3 Å². The highest BCUT2D eigenvalue weighted by Gasteiger charge is 2.23. The van der Waals surface area contributed by atoms with Crippen molar-refractivity contribution in [2.24, 2.45) is 7.05 Å². The number of rotatable bonds is 5. The van der Waals surface area contributed by atoms with Gasteiger partial charge in [-0.05, 0) is 12.5 Å². The van der Waals surface area contributed by atoms with Crippen LogP contribution < -0.4 is 0 Å². The molecule has 1 heterocycles. The molecule has 1 rings (SSSR count). The molecule has 1 N–H and O–H groups in total. The molecule has 0 saturated heterocycles. The van der Waals surface area contributed by atoms with E-state index in [1.807, 2.05) is 20.8 Å². The van der Waals surface area contributed by atoms with Crippen molar-refractivity contribution in [3.8, 4) is 0 Å². The van der Waals surface area contributed by atoms with E-state index in [0.29, 0.717) is 18.7 Å². The van der Waals surface area contributed by atoms with Gasteiger partial charge in [-0.25, -0.2) is 0 Å². The Morgan fingerprint density at radius 1 is 1.40 bits per heavy atom. The van der Waals surface area contributed by atoms with Crippen LogP contribution in [0.2, 0.25) is 0 Å². The van der Waals surface area contributed by atoms with Crippen LogP contribution in [-0.2, 0) is 17.3 Å². The fourth-order valence-corrected chi connectivity index (χ4v) is 1.80. The van der Waals surface area contributed by atoms with E-state index in [1.165, 1.54) is 4.90 Å². The van der Waals surface area contributed by atoms with E-state index in [2.05, 4.69) is 5.10 Å². The normalized spacial score (nSPS) is 11.4. The molecule has 0 saturated carbocycles. The molecule has 1 aromatic heterocycles. The molecule has 6 nitrogen and oxygen atoms in total. The van der Waals surface area contributed by atoms with Crippen LogP contribution in [0, 0.1) is 0 Å². The second kappa shape index (κ2) is 6.07. The Kier molecular flexibility index (Phi) is 4.92. The largest absolute Gasteiger partial charge is 0.481 e. The first-order valence-corrected chi connectivity index (χ1v) is 6.64. The van der Waals surface area contributed by atoms with Crippen molar-refractivity contribution in [1.82, 2.24) is 14.7 Å². The molecule has 1 amide bonds. The predicted molar refractivity (Wildman–Crippen MR) is 75.7 cm³/mol. The Morgan fingerprint density at radius 3 is 2.45 bits per heavy atom. The summed E-state index contributed by atoms with van der Waals surface area (Å²) in [4.78, 5) is 24.3. The van der Waals surface area contributed by atoms with Crippen molar-refractivity contribution in [1.29, 1.82) is 0 Å². The number of carbonyl (C=O) groups excluding carboxylic acids is 1. The molecule has 0 spiro atoms. The third kappa shape index (κ3) is 4.08. The second-order valence-electron chi connectivity index (χ2n) is 6.01. The van der Waals surface area contributed by atoms with Gasteiger partial charge >= 0.3 is 5.97 Å². The first kappa shape index (κ1) is 16.2. The van der Waals surface area contributed by atoms with Gasteiger partial charge in [0, 0.05) is 32.5 Å². The van der Waals surface area contributed by atoms with Crippen LogP contribution in [0.5, 0.6) is 0 Å². The van der Waals surface area contributed by atoms with Crippen LogP contribution in [0.1, 0.15) is 49.8 Å². The van der Waals surface area contributed by atoms with E-state index >= 15 is 0 Å². The maximum Gasteiger partial charge on any atom is 0.303 e. The Bertz CT molecular complexity index is 500. The molecule has 112 valence electrons. The number of aliphatic carboxylic acids is 1. The number of carboxylic acid groups (broad SMARTS) is 1. The molecule has 0 radical (unpaired) electrons. The minimum Gasteiger partial charge on any atom is -0.481 e. The van der Waals surface area contributed by atoms with Gasteiger partial charge in [0.25, 0.3) is 5.91 Å². The summed E-state index contributed by atoms with van der Waals surface area (Å²) in [5.41, 5.74) is 1.27. The van der Waals surface area contributed by atoms with E-state index in [0.717, 1.165) is 5.69 Å². The minimum absolute atomic E-state index is 0.0657. The quantitative estimate of drug-likeness (QED) is 0.890. The Morgan fingerprint density at radius 2 is 2.00 bits per heavy atom. The van der Waals surface area contributed by atoms with Crippen LogP contribution >= 0.6 is 0 Å². The lowest BCUT2D eigenvalue weighted by Crippen LogP contribution is -2.29. The summed E-state index contributed by atoms with van der Waals surface area (Å²) < 4.78 is 1.58. The van der Waals surface area contributed by atoms with Crippen LogP contribution in [0.4, 0.5) is 0 Å². The summed E-state index contributed by atoms with van der Waals surface area (Å²) in [7, 11) is 3.42. The lowest BCUT2D eigenvalue weighted by Gasteiger charge is -2.16. The number of carboxylic acids is 1. The summed E-state index contributed by atoms with van der Waals surface area (Å²) >= 11 is 0. The highest BCUT2D eigenvalue weighted by Crippen LogP contribution is 2.21. The lowest BCUT2D eigenvalue weighted by atomic mass is 9.92. The molecule has 6 heteroatoms. The van der Waals surface area contributed by atoms with Gasteiger partial charge in [-0.15, -0.1) is 0 Å². The first-order chi connectivity index (χ1) is 9.12. The van der Waals surface area contributed by atoms with Crippen LogP contribution in [0.25, 0.3) is 0 Å². The van der Waals surface area contributed by atoms with Crippen molar-refractivity contribution in [2.45, 2.75) is 39.0 Å². The monoisotopic (exact) mass is 281 g/mol. The molecular formula is C14H23N3O3. The maximum atomic E-state index is 12.3. The number of aromatic nitrogens is 2. The smallest absolute Gasteiger partial charge is 0.303 e. The maximum absolute atomic E-state index is 12.3. The Labute approximate surface area is 119 Å². The molecule has 0 aliphatic rings. The summed E-state index contributed by atoms with van der Waals surface area (Å²) in [5.74, 6) is -0.984. The molecule has 0 unspecified atom stereocenters. The zero-order valence-corrected chi connectivity index (χ0v) is 12.8. The zero-order chi connectivity index (χ0) is 15.5. The standard InChI is InChI=1S/C14H23N3O3/c1-14(2,3)11-9-10(17(5)15-11)13(20)16(4)8-6-7-12(18)19/h9H,6-8H2,1-5H3,(H,18,19). The van der Waals surface area contributed by atoms with Gasteiger partial charge in [-0.3, -0.25) is 14.3 Å². The van der Waals surface area contributed by atoms with Gasteiger partial charge in [0.05, 0.1) is 5.69 Å². The van der Waals surface area contributed by atoms with E-state index in [1.54, 1.807) is 24.8 Å². The zero-order valence-electron chi connectivity index (χ0n) is 12.8. The number of aryl methyl sites for hydroxylation is 1. The van der Waals surface area contributed by atoms with Crippen LogP contribution in [0.3, 0.4) is 0 Å². The summed E-state index contributed by atoms with van der Waals surface area (Å²) in [6.45, 7) is 6.54. The first-order valence-electron chi connectivity index (χ1n) is 6.64. The van der Waals surface area contributed by atoms with Gasteiger partial charge < -0.3 is 10.0 Å². The number of hydrogen-bond donors (Lipinski definition) is 1. The topological polar surface area (TPSA) is 75.4 Å². The molecular weight excluding hydrogens is 258 g/mol. The van der Waals surface area contributed by atoms with Gasteiger partial charge in [0.1, 0.15) is 5.69 Å². The van der Waals surface area contributed by atoms with Crippen molar-refractivity contribution in [3.05, 3.63) is 17.5 Å². The van der Waals surface area contributed by atoms with Gasteiger partial charge in [0.2, 0.25) is 0 Å². The third-order valence-electron chi connectivity index (χ3n) is 3.10. The second-order valence-corrected chi connectivity index (χ2v) is 6.01.